The van der Waals surface area contributed by atoms with Crippen LogP contribution >= 0.6 is 11.8 Å². The van der Waals surface area contributed by atoms with Crippen molar-refractivity contribution in [3.63, 3.8) is 0 Å². The van der Waals surface area contributed by atoms with Gasteiger partial charge in [-0.25, -0.2) is 0 Å². The summed E-state index contributed by atoms with van der Waals surface area (Å²) in [6.45, 7) is 7.72. The zero-order valence-electron chi connectivity index (χ0n) is 15.6. The molecule has 0 atom stereocenters. The molecule has 1 heterocycles. The molecule has 4 nitrogen and oxygen atoms in total. The van der Waals surface area contributed by atoms with Crippen molar-refractivity contribution in [1.29, 1.82) is 0 Å². The zero-order chi connectivity index (χ0) is 18.2. The van der Waals surface area contributed by atoms with Crippen LogP contribution < -0.4 is 20.3 Å². The van der Waals surface area contributed by atoms with Gasteiger partial charge in [-0.3, -0.25) is 0 Å². The molecule has 2 aromatic rings. The van der Waals surface area contributed by atoms with Crippen LogP contribution in [0.4, 0.5) is 11.4 Å². The van der Waals surface area contributed by atoms with E-state index in [2.05, 4.69) is 58.3 Å². The molecule has 1 saturated heterocycles. The lowest BCUT2D eigenvalue weighted by Crippen LogP contribution is -2.30. The van der Waals surface area contributed by atoms with E-state index in [0.717, 1.165) is 50.6 Å². The molecule has 0 aliphatic carbocycles. The molecule has 26 heavy (non-hydrogen) atoms. The summed E-state index contributed by atoms with van der Waals surface area (Å²) in [6, 6.07) is 17.4. The van der Waals surface area contributed by atoms with E-state index in [1.165, 1.54) is 16.3 Å². The van der Waals surface area contributed by atoms with E-state index >= 15 is 0 Å². The number of anilines is 2. The monoisotopic (exact) mass is 371 g/mol. The van der Waals surface area contributed by atoms with E-state index in [9.17, 15) is 0 Å². The molecule has 5 heteroatoms. The normalized spacial score (nSPS) is 15.0. The summed E-state index contributed by atoms with van der Waals surface area (Å²) in [7, 11) is 0. The van der Waals surface area contributed by atoms with Gasteiger partial charge in [-0.2, -0.15) is 0 Å². The summed E-state index contributed by atoms with van der Waals surface area (Å²) in [6.07, 6.45) is 1.16. The maximum absolute atomic E-state index is 5.58. The quantitative estimate of drug-likeness (QED) is 0.749. The molecule has 0 spiro atoms. The fourth-order valence-electron chi connectivity index (χ4n) is 3.28. The van der Waals surface area contributed by atoms with Crippen LogP contribution in [0.25, 0.3) is 0 Å². The van der Waals surface area contributed by atoms with E-state index in [0.29, 0.717) is 6.61 Å². The van der Waals surface area contributed by atoms with Crippen LogP contribution in [0.15, 0.2) is 53.4 Å². The van der Waals surface area contributed by atoms with Crippen LogP contribution in [-0.2, 0) is 0 Å². The van der Waals surface area contributed by atoms with E-state index in [4.69, 9.17) is 10.5 Å². The summed E-state index contributed by atoms with van der Waals surface area (Å²) in [5.74, 6) is 1.92. The Bertz CT molecular complexity index is 660. The Kier molecular flexibility index (Phi) is 7.09. The van der Waals surface area contributed by atoms with Crippen LogP contribution in [0.5, 0.6) is 5.75 Å². The highest BCUT2D eigenvalue weighted by Crippen LogP contribution is 2.25. The van der Waals surface area contributed by atoms with Gasteiger partial charge in [0.25, 0.3) is 0 Å². The van der Waals surface area contributed by atoms with Gasteiger partial charge in [-0.05, 0) is 61.9 Å². The highest BCUT2D eigenvalue weighted by Gasteiger charge is 2.15. The van der Waals surface area contributed by atoms with Crippen LogP contribution in [0.2, 0.25) is 0 Å². The van der Waals surface area contributed by atoms with Gasteiger partial charge in [0.1, 0.15) is 5.75 Å². The second-order valence-corrected chi connectivity index (χ2v) is 7.55. The first-order valence-electron chi connectivity index (χ1n) is 9.46. The lowest BCUT2D eigenvalue weighted by Gasteiger charge is -2.25. The Morgan fingerprint density at radius 2 is 1.46 bits per heavy atom. The Morgan fingerprint density at radius 3 is 2.00 bits per heavy atom. The fourth-order valence-corrected chi connectivity index (χ4v) is 3.97. The number of benzene rings is 2. The summed E-state index contributed by atoms with van der Waals surface area (Å²) in [5, 5.41) is 0. The van der Waals surface area contributed by atoms with Crippen molar-refractivity contribution >= 4 is 23.1 Å². The Morgan fingerprint density at radius 1 is 0.885 bits per heavy atom. The first kappa shape index (κ1) is 18.9. The maximum Gasteiger partial charge on any atom is 0.119 e. The van der Waals surface area contributed by atoms with Gasteiger partial charge >= 0.3 is 0 Å². The van der Waals surface area contributed by atoms with E-state index in [1.807, 2.05) is 18.7 Å². The smallest absolute Gasteiger partial charge is 0.119 e. The van der Waals surface area contributed by atoms with Crippen LogP contribution in [0, 0.1) is 0 Å². The van der Waals surface area contributed by atoms with Crippen molar-refractivity contribution in [2.24, 2.45) is 5.73 Å². The summed E-state index contributed by atoms with van der Waals surface area (Å²) in [5.41, 5.74) is 8.18. The fraction of sp³-hybridized carbons (Fsp3) is 0.429. The van der Waals surface area contributed by atoms with Gasteiger partial charge in [-0.15, -0.1) is 11.8 Å². The van der Waals surface area contributed by atoms with Gasteiger partial charge in [0.2, 0.25) is 0 Å². The van der Waals surface area contributed by atoms with Gasteiger partial charge in [0.15, 0.2) is 0 Å². The van der Waals surface area contributed by atoms with E-state index in [1.54, 1.807) is 0 Å². The third kappa shape index (κ3) is 5.08. The Hall–Kier alpha value is -1.85. The van der Waals surface area contributed by atoms with Gasteiger partial charge in [0.05, 0.1) is 6.61 Å². The largest absolute Gasteiger partial charge is 0.494 e. The highest BCUT2D eigenvalue weighted by molar-refractivity contribution is 7.99. The van der Waals surface area contributed by atoms with Crippen LogP contribution in [-0.4, -0.2) is 45.1 Å². The lowest BCUT2D eigenvalue weighted by atomic mass is 10.2. The lowest BCUT2D eigenvalue weighted by molar-refractivity contribution is 0.340. The number of rotatable bonds is 7. The number of hydrogen-bond donors (Lipinski definition) is 1. The second kappa shape index (κ2) is 9.74. The number of nitrogens with zero attached hydrogens (tertiary/aromatic N) is 2. The molecule has 0 amide bonds. The number of ether oxygens (including phenoxy) is 1. The average molecular weight is 372 g/mol. The van der Waals surface area contributed by atoms with Crippen molar-refractivity contribution in [3.8, 4) is 5.75 Å². The second-order valence-electron chi connectivity index (χ2n) is 6.39. The number of nitrogens with two attached hydrogens (primary N) is 1. The molecule has 2 aromatic carbocycles. The predicted molar refractivity (Wildman–Crippen MR) is 113 cm³/mol. The molecular formula is C21H29N3OS. The zero-order valence-corrected chi connectivity index (χ0v) is 16.4. The Balaban J connectivity index is 1.59. The minimum absolute atomic E-state index is 0.710. The van der Waals surface area contributed by atoms with Crippen molar-refractivity contribution < 1.29 is 4.74 Å². The molecule has 1 fully saturated rings. The summed E-state index contributed by atoms with van der Waals surface area (Å²) < 4.78 is 5.55. The van der Waals surface area contributed by atoms with Gasteiger partial charge in [-0.1, -0.05) is 0 Å². The molecule has 0 saturated carbocycles. The predicted octanol–water partition coefficient (Wildman–Crippen LogP) is 3.85. The molecule has 1 aliphatic heterocycles. The standard InChI is InChI=1S/C21H29N3OS/c1-2-25-20-8-4-18(5-9-20)23-13-3-14-24(16-15-23)19-6-10-21(11-7-19)26-17-12-22/h4-11H,2-3,12-17,22H2,1H3. The minimum atomic E-state index is 0.710. The van der Waals surface area contributed by atoms with Crippen molar-refractivity contribution in [2.45, 2.75) is 18.2 Å². The first-order chi connectivity index (χ1) is 12.8. The van der Waals surface area contributed by atoms with Crippen LogP contribution in [0.3, 0.4) is 0 Å². The summed E-state index contributed by atoms with van der Waals surface area (Å²) >= 11 is 1.82. The van der Waals surface area contributed by atoms with Crippen molar-refractivity contribution in [3.05, 3.63) is 48.5 Å². The first-order valence-corrected chi connectivity index (χ1v) is 10.4. The third-order valence-corrected chi connectivity index (χ3v) is 5.64. The molecule has 3 rings (SSSR count). The minimum Gasteiger partial charge on any atom is -0.494 e. The third-order valence-electron chi connectivity index (χ3n) is 4.60. The molecule has 140 valence electrons. The van der Waals surface area contributed by atoms with E-state index < -0.39 is 0 Å². The molecule has 0 bridgehead atoms. The molecule has 1 aliphatic rings. The molecule has 0 radical (unpaired) electrons. The number of thioether (sulfide) groups is 1. The SMILES string of the molecule is CCOc1ccc(N2CCCN(c3ccc(SCCN)cc3)CC2)cc1. The van der Waals surface area contributed by atoms with E-state index in [-0.39, 0.29) is 0 Å². The molecule has 0 unspecified atom stereocenters. The Labute approximate surface area is 161 Å². The maximum atomic E-state index is 5.58. The van der Waals surface area contributed by atoms with Crippen molar-refractivity contribution in [1.82, 2.24) is 0 Å². The average Bonchev–Trinajstić information content (AvgIpc) is 2.94. The number of hydrogen-bond acceptors (Lipinski definition) is 5. The molecule has 2 N–H and O–H groups in total. The molecular weight excluding hydrogens is 342 g/mol. The topological polar surface area (TPSA) is 41.7 Å². The van der Waals surface area contributed by atoms with Gasteiger partial charge in [0, 0.05) is 54.7 Å². The van der Waals surface area contributed by atoms with Crippen molar-refractivity contribution in [2.75, 3.05) is 54.9 Å². The molecule has 0 aromatic heterocycles. The highest BCUT2D eigenvalue weighted by atomic mass is 32.2. The summed E-state index contributed by atoms with van der Waals surface area (Å²) in [4.78, 5) is 6.26. The van der Waals surface area contributed by atoms with Crippen LogP contribution in [0.1, 0.15) is 13.3 Å². The van der Waals surface area contributed by atoms with Gasteiger partial charge < -0.3 is 20.3 Å².